The van der Waals surface area contributed by atoms with Crippen LogP contribution in [0.15, 0.2) is 48.5 Å². The summed E-state index contributed by atoms with van der Waals surface area (Å²) in [6.45, 7) is 0. The molecular weight excluding hydrogens is 294 g/mol. The summed E-state index contributed by atoms with van der Waals surface area (Å²) >= 11 is 3.36. The molecule has 3 nitrogen and oxygen atoms in total. The number of hydrogen-bond acceptors (Lipinski definition) is 2. The van der Waals surface area contributed by atoms with Gasteiger partial charge in [-0.3, -0.25) is 4.79 Å². The number of benzene rings is 2. The number of phenolic OH excluding ortho intramolecular Hbond substituents is 1. The summed E-state index contributed by atoms with van der Waals surface area (Å²) < 4.78 is 0. The predicted octanol–water partition coefficient (Wildman–Crippen LogP) is 3.54. The normalized spacial score (nSPS) is 10.1. The highest BCUT2D eigenvalue weighted by molar-refractivity contribution is 9.08. The fourth-order valence-electron chi connectivity index (χ4n) is 1.53. The van der Waals surface area contributed by atoms with E-state index in [0.29, 0.717) is 5.56 Å². The van der Waals surface area contributed by atoms with Crippen molar-refractivity contribution in [2.45, 2.75) is 5.33 Å². The summed E-state index contributed by atoms with van der Waals surface area (Å²) in [5.41, 5.74) is 2.30. The number of alkyl halides is 1. The zero-order valence-electron chi connectivity index (χ0n) is 9.56. The summed E-state index contributed by atoms with van der Waals surface area (Å²) in [6, 6.07) is 13.8. The first kappa shape index (κ1) is 12.6. The molecule has 2 rings (SSSR count). The highest BCUT2D eigenvalue weighted by Gasteiger charge is 2.06. The molecule has 0 aliphatic rings. The Labute approximate surface area is 114 Å². The van der Waals surface area contributed by atoms with Crippen LogP contribution in [0, 0.1) is 0 Å². The number of carbonyl (C=O) groups is 1. The molecule has 18 heavy (non-hydrogen) atoms. The van der Waals surface area contributed by atoms with Gasteiger partial charge < -0.3 is 10.4 Å². The van der Waals surface area contributed by atoms with Crippen LogP contribution in [0.4, 0.5) is 5.69 Å². The number of amides is 1. The van der Waals surface area contributed by atoms with Crippen LogP contribution in [0.25, 0.3) is 0 Å². The minimum atomic E-state index is -0.238. The Hall–Kier alpha value is -1.81. The lowest BCUT2D eigenvalue weighted by Crippen LogP contribution is -2.11. The lowest BCUT2D eigenvalue weighted by molar-refractivity contribution is 0.102. The minimum Gasteiger partial charge on any atom is -0.508 e. The summed E-state index contributed by atoms with van der Waals surface area (Å²) in [4.78, 5) is 11.9. The second-order valence-electron chi connectivity index (χ2n) is 3.84. The summed E-state index contributed by atoms with van der Waals surface area (Å²) in [5, 5.41) is 12.9. The predicted molar refractivity (Wildman–Crippen MR) is 75.1 cm³/mol. The molecule has 2 aromatic rings. The molecule has 1 amide bonds. The monoisotopic (exact) mass is 305 g/mol. The Morgan fingerprint density at radius 3 is 2.50 bits per heavy atom. The van der Waals surface area contributed by atoms with Crippen molar-refractivity contribution in [3.05, 3.63) is 59.7 Å². The number of hydrogen-bond donors (Lipinski definition) is 2. The zero-order chi connectivity index (χ0) is 13.0. The molecule has 0 saturated heterocycles. The van der Waals surface area contributed by atoms with Gasteiger partial charge in [0.2, 0.25) is 0 Å². The van der Waals surface area contributed by atoms with Gasteiger partial charge >= 0.3 is 0 Å². The van der Waals surface area contributed by atoms with E-state index in [1.807, 2.05) is 24.3 Å². The average molecular weight is 306 g/mol. The summed E-state index contributed by atoms with van der Waals surface area (Å²) in [7, 11) is 0. The van der Waals surface area contributed by atoms with E-state index in [9.17, 15) is 9.90 Å². The van der Waals surface area contributed by atoms with E-state index >= 15 is 0 Å². The number of halogens is 1. The molecule has 0 atom stereocenters. The first-order chi connectivity index (χ1) is 8.69. The van der Waals surface area contributed by atoms with E-state index in [1.54, 1.807) is 12.1 Å². The number of carbonyl (C=O) groups excluding carboxylic acids is 1. The summed E-state index contributed by atoms with van der Waals surface area (Å²) in [5.74, 6) is -0.158. The van der Waals surface area contributed by atoms with E-state index < -0.39 is 0 Å². The number of aromatic hydroxyl groups is 1. The Kier molecular flexibility index (Phi) is 3.99. The molecule has 0 heterocycles. The van der Waals surface area contributed by atoms with Gasteiger partial charge in [-0.25, -0.2) is 0 Å². The van der Waals surface area contributed by atoms with Crippen molar-refractivity contribution in [3.63, 3.8) is 0 Å². The quantitative estimate of drug-likeness (QED) is 0.852. The number of anilines is 1. The molecule has 0 aromatic heterocycles. The SMILES string of the molecule is O=C(Nc1ccc(CBr)cc1)c1cccc(O)c1. The molecule has 4 heteroatoms. The number of nitrogens with one attached hydrogen (secondary N) is 1. The second kappa shape index (κ2) is 5.69. The Morgan fingerprint density at radius 1 is 1.17 bits per heavy atom. The standard InChI is InChI=1S/C14H12BrNO2/c15-9-10-4-6-12(7-5-10)16-14(18)11-2-1-3-13(17)8-11/h1-8,17H,9H2,(H,16,18). The molecule has 0 bridgehead atoms. The first-order valence-electron chi connectivity index (χ1n) is 5.44. The van der Waals surface area contributed by atoms with Crippen LogP contribution in [-0.4, -0.2) is 11.0 Å². The van der Waals surface area contributed by atoms with Crippen LogP contribution in [0.2, 0.25) is 0 Å². The third kappa shape index (κ3) is 3.11. The van der Waals surface area contributed by atoms with Crippen molar-refractivity contribution < 1.29 is 9.90 Å². The van der Waals surface area contributed by atoms with Crippen molar-refractivity contribution in [2.24, 2.45) is 0 Å². The molecule has 2 aromatic carbocycles. The highest BCUT2D eigenvalue weighted by atomic mass is 79.9. The fraction of sp³-hybridized carbons (Fsp3) is 0.0714. The van der Waals surface area contributed by atoms with Crippen molar-refractivity contribution in [3.8, 4) is 5.75 Å². The van der Waals surface area contributed by atoms with E-state index in [4.69, 9.17) is 0 Å². The van der Waals surface area contributed by atoms with Crippen molar-refractivity contribution in [1.82, 2.24) is 0 Å². The second-order valence-corrected chi connectivity index (χ2v) is 4.40. The Bertz CT molecular complexity index is 552. The minimum absolute atomic E-state index is 0.0808. The lowest BCUT2D eigenvalue weighted by atomic mass is 10.2. The van der Waals surface area contributed by atoms with Gasteiger partial charge in [0.25, 0.3) is 5.91 Å². The molecule has 92 valence electrons. The van der Waals surface area contributed by atoms with Crippen LogP contribution < -0.4 is 5.32 Å². The topological polar surface area (TPSA) is 49.3 Å². The van der Waals surface area contributed by atoms with Crippen molar-refractivity contribution in [1.29, 1.82) is 0 Å². The Balaban J connectivity index is 2.11. The van der Waals surface area contributed by atoms with E-state index in [2.05, 4.69) is 21.2 Å². The van der Waals surface area contributed by atoms with Gasteiger partial charge in [-0.15, -0.1) is 0 Å². The van der Waals surface area contributed by atoms with E-state index in [1.165, 1.54) is 12.1 Å². The average Bonchev–Trinajstić information content (AvgIpc) is 2.39. The molecular formula is C14H12BrNO2. The number of rotatable bonds is 3. The third-order valence-electron chi connectivity index (χ3n) is 2.47. The molecule has 0 unspecified atom stereocenters. The fourth-order valence-corrected chi connectivity index (χ4v) is 1.90. The van der Waals surface area contributed by atoms with E-state index in [0.717, 1.165) is 16.6 Å². The highest BCUT2D eigenvalue weighted by Crippen LogP contribution is 2.15. The Morgan fingerprint density at radius 2 is 1.89 bits per heavy atom. The largest absolute Gasteiger partial charge is 0.508 e. The van der Waals surface area contributed by atoms with Crippen LogP contribution in [0.3, 0.4) is 0 Å². The lowest BCUT2D eigenvalue weighted by Gasteiger charge is -2.06. The van der Waals surface area contributed by atoms with Gasteiger partial charge in [-0.2, -0.15) is 0 Å². The maximum absolute atomic E-state index is 11.9. The maximum atomic E-state index is 11.9. The molecule has 2 N–H and O–H groups in total. The van der Waals surface area contributed by atoms with Gasteiger partial charge in [0.15, 0.2) is 0 Å². The maximum Gasteiger partial charge on any atom is 0.255 e. The zero-order valence-corrected chi connectivity index (χ0v) is 11.1. The molecule has 0 fully saturated rings. The van der Waals surface area contributed by atoms with Crippen molar-refractivity contribution >= 4 is 27.5 Å². The molecule has 0 aliphatic carbocycles. The molecule has 0 saturated carbocycles. The smallest absolute Gasteiger partial charge is 0.255 e. The van der Waals surface area contributed by atoms with Crippen LogP contribution in [-0.2, 0) is 5.33 Å². The summed E-state index contributed by atoms with van der Waals surface area (Å²) in [6.07, 6.45) is 0. The van der Waals surface area contributed by atoms with Gasteiger partial charge in [0, 0.05) is 16.6 Å². The number of phenols is 1. The van der Waals surface area contributed by atoms with Crippen LogP contribution in [0.5, 0.6) is 5.75 Å². The molecule has 0 spiro atoms. The van der Waals surface area contributed by atoms with Gasteiger partial charge in [-0.05, 0) is 35.9 Å². The van der Waals surface area contributed by atoms with Gasteiger partial charge in [0.05, 0.1) is 0 Å². The first-order valence-corrected chi connectivity index (χ1v) is 6.56. The van der Waals surface area contributed by atoms with Gasteiger partial charge in [-0.1, -0.05) is 34.1 Å². The van der Waals surface area contributed by atoms with Crippen LogP contribution >= 0.6 is 15.9 Å². The van der Waals surface area contributed by atoms with Crippen molar-refractivity contribution in [2.75, 3.05) is 5.32 Å². The third-order valence-corrected chi connectivity index (χ3v) is 3.12. The van der Waals surface area contributed by atoms with Crippen LogP contribution in [0.1, 0.15) is 15.9 Å². The molecule has 0 radical (unpaired) electrons. The van der Waals surface area contributed by atoms with Gasteiger partial charge in [0.1, 0.15) is 5.75 Å². The van der Waals surface area contributed by atoms with E-state index in [-0.39, 0.29) is 11.7 Å². The molecule has 0 aliphatic heterocycles.